The van der Waals surface area contributed by atoms with Crippen molar-refractivity contribution in [1.82, 2.24) is 0 Å². The third-order valence-electron chi connectivity index (χ3n) is 4.19. The van der Waals surface area contributed by atoms with Gasteiger partial charge in [0.25, 0.3) is 0 Å². The molecule has 0 saturated heterocycles. The van der Waals surface area contributed by atoms with E-state index in [9.17, 15) is 9.90 Å². The molecular weight excluding hydrogens is 324 g/mol. The van der Waals surface area contributed by atoms with Crippen molar-refractivity contribution in [2.75, 3.05) is 7.11 Å². The Morgan fingerprint density at radius 2 is 1.27 bits per heavy atom. The Bertz CT molecular complexity index is 895. The van der Waals surface area contributed by atoms with E-state index in [1.54, 1.807) is 12.1 Å². The zero-order chi connectivity index (χ0) is 18.4. The Balaban J connectivity index is 2.28. The molecule has 0 bridgehead atoms. The van der Waals surface area contributed by atoms with Gasteiger partial charge in [0.1, 0.15) is 5.75 Å². The molecule has 130 valence electrons. The second-order valence-electron chi connectivity index (χ2n) is 5.89. The fourth-order valence-electron chi connectivity index (χ4n) is 2.94. The number of hydrogen-bond donors (Lipinski definition) is 1. The molecule has 0 aliphatic rings. The fraction of sp³-hybridized carbons (Fsp3) is 0.0870. The second kappa shape index (κ2) is 8.17. The molecule has 0 radical (unpaired) electrons. The molecular formula is C23H20O3. The first kappa shape index (κ1) is 17.5. The third-order valence-corrected chi connectivity index (χ3v) is 4.19. The van der Waals surface area contributed by atoms with Crippen molar-refractivity contribution in [2.24, 2.45) is 0 Å². The van der Waals surface area contributed by atoms with Crippen LogP contribution in [0.2, 0.25) is 0 Å². The summed E-state index contributed by atoms with van der Waals surface area (Å²) in [6, 6.07) is 26.8. The Labute approximate surface area is 153 Å². The highest BCUT2D eigenvalue weighted by Gasteiger charge is 2.17. The van der Waals surface area contributed by atoms with Crippen LogP contribution < -0.4 is 0 Å². The minimum absolute atomic E-state index is 0.158. The molecule has 0 heterocycles. The quantitative estimate of drug-likeness (QED) is 0.528. The summed E-state index contributed by atoms with van der Waals surface area (Å²) in [5, 5.41) is 9.66. The second-order valence-corrected chi connectivity index (χ2v) is 5.89. The molecule has 1 N–H and O–H groups in total. The van der Waals surface area contributed by atoms with Crippen LogP contribution in [0, 0.1) is 0 Å². The lowest BCUT2D eigenvalue weighted by Gasteiger charge is -2.17. The highest BCUT2D eigenvalue weighted by molar-refractivity contribution is 6.03. The molecule has 0 saturated carbocycles. The van der Waals surface area contributed by atoms with Gasteiger partial charge in [-0.3, -0.25) is 4.79 Å². The number of aromatic hydroxyl groups is 1. The van der Waals surface area contributed by atoms with E-state index in [2.05, 4.69) is 0 Å². The molecule has 0 fully saturated rings. The summed E-state index contributed by atoms with van der Waals surface area (Å²) >= 11 is 0. The van der Waals surface area contributed by atoms with Crippen LogP contribution in [0.3, 0.4) is 0 Å². The van der Waals surface area contributed by atoms with Crippen LogP contribution in [0.5, 0.6) is 5.75 Å². The Kier molecular flexibility index (Phi) is 5.49. The number of carbonyl (C=O) groups excluding carboxylic acids is 1. The predicted octanol–water partition coefficient (Wildman–Crippen LogP) is 4.91. The van der Waals surface area contributed by atoms with E-state index in [0.29, 0.717) is 0 Å². The number of phenols is 1. The number of benzene rings is 3. The molecule has 3 heteroatoms. The summed E-state index contributed by atoms with van der Waals surface area (Å²) < 4.78 is 4.93. The maximum absolute atomic E-state index is 12.1. The average Bonchev–Trinajstić information content (AvgIpc) is 2.70. The molecule has 0 aromatic heterocycles. The standard InChI is InChI=1S/C23H20O3/c1-26-22(25)16-21(17-8-4-2-5-9-17)23(18-10-6-3-7-11-18)19-12-14-20(24)15-13-19/h2-15,24H,16H2,1H3. The number of phenolic OH excluding ortho intramolecular Hbond substituents is 1. The first-order valence-electron chi connectivity index (χ1n) is 8.39. The topological polar surface area (TPSA) is 46.5 Å². The van der Waals surface area contributed by atoms with E-state index < -0.39 is 0 Å². The number of esters is 1. The third kappa shape index (κ3) is 4.01. The fourth-order valence-corrected chi connectivity index (χ4v) is 2.94. The summed E-state index contributed by atoms with van der Waals surface area (Å²) in [5.74, 6) is -0.0912. The summed E-state index contributed by atoms with van der Waals surface area (Å²) in [4.78, 5) is 12.1. The number of methoxy groups -OCH3 is 1. The Morgan fingerprint density at radius 3 is 1.81 bits per heavy atom. The van der Waals surface area contributed by atoms with E-state index in [4.69, 9.17) is 4.74 Å². The van der Waals surface area contributed by atoms with Crippen molar-refractivity contribution in [1.29, 1.82) is 0 Å². The van der Waals surface area contributed by atoms with Crippen molar-refractivity contribution in [3.8, 4) is 5.75 Å². The Hall–Kier alpha value is -3.33. The average molecular weight is 344 g/mol. The first-order valence-corrected chi connectivity index (χ1v) is 8.39. The zero-order valence-electron chi connectivity index (χ0n) is 14.6. The Morgan fingerprint density at radius 1 is 0.769 bits per heavy atom. The van der Waals surface area contributed by atoms with Gasteiger partial charge in [-0.15, -0.1) is 0 Å². The van der Waals surface area contributed by atoms with Crippen molar-refractivity contribution >= 4 is 17.1 Å². The maximum atomic E-state index is 12.1. The van der Waals surface area contributed by atoms with Crippen LogP contribution in [0.1, 0.15) is 23.1 Å². The summed E-state index contributed by atoms with van der Waals surface area (Å²) in [7, 11) is 1.40. The lowest BCUT2D eigenvalue weighted by Crippen LogP contribution is -2.04. The lowest BCUT2D eigenvalue weighted by atomic mass is 9.88. The van der Waals surface area contributed by atoms with Gasteiger partial charge < -0.3 is 9.84 Å². The van der Waals surface area contributed by atoms with Crippen molar-refractivity contribution in [3.05, 3.63) is 102 Å². The lowest BCUT2D eigenvalue weighted by molar-refractivity contribution is -0.139. The van der Waals surface area contributed by atoms with Crippen LogP contribution in [0.4, 0.5) is 0 Å². The highest BCUT2D eigenvalue weighted by Crippen LogP contribution is 2.35. The number of ether oxygens (including phenoxy) is 1. The number of hydrogen-bond acceptors (Lipinski definition) is 3. The smallest absolute Gasteiger partial charge is 0.310 e. The van der Waals surface area contributed by atoms with Crippen LogP contribution in [0.15, 0.2) is 84.9 Å². The van der Waals surface area contributed by atoms with Crippen LogP contribution >= 0.6 is 0 Å². The van der Waals surface area contributed by atoms with Crippen LogP contribution in [-0.2, 0) is 9.53 Å². The predicted molar refractivity (Wildman–Crippen MR) is 104 cm³/mol. The summed E-state index contributed by atoms with van der Waals surface area (Å²) in [6.45, 7) is 0. The van der Waals surface area contributed by atoms with Gasteiger partial charge in [-0.25, -0.2) is 0 Å². The molecule has 0 spiro atoms. The van der Waals surface area contributed by atoms with Gasteiger partial charge in [0.15, 0.2) is 0 Å². The molecule has 3 nitrogen and oxygen atoms in total. The molecule has 0 amide bonds. The van der Waals surface area contributed by atoms with Gasteiger partial charge in [0, 0.05) is 0 Å². The van der Waals surface area contributed by atoms with Crippen LogP contribution in [0.25, 0.3) is 11.1 Å². The SMILES string of the molecule is COC(=O)CC(=C(c1ccccc1)c1ccc(O)cc1)c1ccccc1. The number of carbonyl (C=O) groups is 1. The van der Waals surface area contributed by atoms with Crippen molar-refractivity contribution < 1.29 is 14.6 Å². The molecule has 3 aromatic carbocycles. The molecule has 3 aromatic rings. The largest absolute Gasteiger partial charge is 0.508 e. The number of rotatable bonds is 5. The monoisotopic (exact) mass is 344 g/mol. The normalized spacial score (nSPS) is 11.6. The van der Waals surface area contributed by atoms with Gasteiger partial charge in [0.2, 0.25) is 0 Å². The zero-order valence-corrected chi connectivity index (χ0v) is 14.6. The molecule has 3 rings (SSSR count). The van der Waals surface area contributed by atoms with Crippen molar-refractivity contribution in [3.63, 3.8) is 0 Å². The van der Waals surface area contributed by atoms with Gasteiger partial charge in [-0.1, -0.05) is 72.8 Å². The molecule has 0 aliphatic carbocycles. The van der Waals surface area contributed by atoms with Gasteiger partial charge in [0.05, 0.1) is 13.5 Å². The first-order chi connectivity index (χ1) is 12.7. The van der Waals surface area contributed by atoms with E-state index in [1.165, 1.54) is 7.11 Å². The minimum atomic E-state index is -0.295. The molecule has 0 aliphatic heterocycles. The van der Waals surface area contributed by atoms with Gasteiger partial charge >= 0.3 is 5.97 Å². The van der Waals surface area contributed by atoms with E-state index in [0.717, 1.165) is 27.8 Å². The van der Waals surface area contributed by atoms with Crippen molar-refractivity contribution in [2.45, 2.75) is 6.42 Å². The maximum Gasteiger partial charge on any atom is 0.310 e. The molecule has 26 heavy (non-hydrogen) atoms. The minimum Gasteiger partial charge on any atom is -0.508 e. The summed E-state index contributed by atoms with van der Waals surface area (Å²) in [5.41, 5.74) is 4.72. The summed E-state index contributed by atoms with van der Waals surface area (Å²) in [6.07, 6.45) is 0.158. The van der Waals surface area contributed by atoms with Crippen LogP contribution in [-0.4, -0.2) is 18.2 Å². The van der Waals surface area contributed by atoms with E-state index >= 15 is 0 Å². The highest BCUT2D eigenvalue weighted by atomic mass is 16.5. The molecule has 0 atom stereocenters. The van der Waals surface area contributed by atoms with Gasteiger partial charge in [-0.2, -0.15) is 0 Å². The molecule has 0 unspecified atom stereocenters. The van der Waals surface area contributed by atoms with Gasteiger partial charge in [-0.05, 0) is 40.0 Å². The van der Waals surface area contributed by atoms with E-state index in [-0.39, 0.29) is 18.1 Å². The van der Waals surface area contributed by atoms with E-state index in [1.807, 2.05) is 72.8 Å².